The van der Waals surface area contributed by atoms with E-state index in [0.29, 0.717) is 11.3 Å². The number of para-hydroxylation sites is 1. The predicted octanol–water partition coefficient (Wildman–Crippen LogP) is 2.42. The summed E-state index contributed by atoms with van der Waals surface area (Å²) in [5.41, 5.74) is 0.686. The molecule has 4 nitrogen and oxygen atoms in total. The molecular formula is C15H23NO3. The van der Waals surface area contributed by atoms with E-state index in [4.69, 9.17) is 4.74 Å². The molecular weight excluding hydrogens is 242 g/mol. The highest BCUT2D eigenvalue weighted by molar-refractivity contribution is 5.81. The van der Waals surface area contributed by atoms with Gasteiger partial charge in [0.05, 0.1) is 6.10 Å². The standard InChI is InChI=1S/C15H23NO3/c1-5-10(2)16-15(18)12(4)19-14-9-7-6-8-13(14)11(3)17/h6-12,17H,5H2,1-4H3,(H,16,18). The van der Waals surface area contributed by atoms with E-state index in [9.17, 15) is 9.90 Å². The highest BCUT2D eigenvalue weighted by Gasteiger charge is 2.18. The number of hydrogen-bond donors (Lipinski definition) is 2. The van der Waals surface area contributed by atoms with Crippen molar-refractivity contribution in [3.8, 4) is 5.75 Å². The summed E-state index contributed by atoms with van der Waals surface area (Å²) in [5, 5.41) is 12.5. The minimum atomic E-state index is -0.624. The summed E-state index contributed by atoms with van der Waals surface area (Å²) in [4.78, 5) is 11.9. The van der Waals surface area contributed by atoms with E-state index in [1.807, 2.05) is 26.0 Å². The van der Waals surface area contributed by atoms with Crippen molar-refractivity contribution in [2.45, 2.75) is 52.4 Å². The third kappa shape index (κ3) is 4.56. The fourth-order valence-corrected chi connectivity index (χ4v) is 1.64. The van der Waals surface area contributed by atoms with Gasteiger partial charge in [0.15, 0.2) is 6.10 Å². The van der Waals surface area contributed by atoms with Crippen LogP contribution in [0, 0.1) is 0 Å². The summed E-state index contributed by atoms with van der Waals surface area (Å²) in [6, 6.07) is 7.33. The Morgan fingerprint density at radius 1 is 1.32 bits per heavy atom. The normalized spacial score (nSPS) is 15.4. The molecule has 0 saturated heterocycles. The molecule has 3 unspecified atom stereocenters. The van der Waals surface area contributed by atoms with Gasteiger partial charge in [-0.1, -0.05) is 25.1 Å². The van der Waals surface area contributed by atoms with Gasteiger partial charge >= 0.3 is 0 Å². The zero-order valence-corrected chi connectivity index (χ0v) is 12.0. The third-order valence-electron chi connectivity index (χ3n) is 3.04. The van der Waals surface area contributed by atoms with Crippen LogP contribution in [0.2, 0.25) is 0 Å². The Bertz CT molecular complexity index is 418. The smallest absolute Gasteiger partial charge is 0.260 e. The lowest BCUT2D eigenvalue weighted by atomic mass is 10.1. The Labute approximate surface area is 114 Å². The topological polar surface area (TPSA) is 58.6 Å². The minimum Gasteiger partial charge on any atom is -0.481 e. The minimum absolute atomic E-state index is 0.130. The summed E-state index contributed by atoms with van der Waals surface area (Å²) in [6.45, 7) is 7.34. The van der Waals surface area contributed by atoms with Crippen molar-refractivity contribution in [3.05, 3.63) is 29.8 Å². The Morgan fingerprint density at radius 2 is 1.95 bits per heavy atom. The molecule has 0 aliphatic heterocycles. The zero-order valence-electron chi connectivity index (χ0n) is 12.0. The van der Waals surface area contributed by atoms with Crippen LogP contribution >= 0.6 is 0 Å². The molecule has 0 radical (unpaired) electrons. The van der Waals surface area contributed by atoms with Crippen LogP contribution in [0.3, 0.4) is 0 Å². The van der Waals surface area contributed by atoms with Gasteiger partial charge in [-0.3, -0.25) is 4.79 Å². The van der Waals surface area contributed by atoms with E-state index in [-0.39, 0.29) is 11.9 Å². The maximum absolute atomic E-state index is 11.9. The second-order valence-corrected chi connectivity index (χ2v) is 4.79. The highest BCUT2D eigenvalue weighted by atomic mass is 16.5. The molecule has 0 bridgehead atoms. The second kappa shape index (κ2) is 7.14. The molecule has 106 valence electrons. The third-order valence-corrected chi connectivity index (χ3v) is 3.04. The Hall–Kier alpha value is -1.55. The molecule has 2 N–H and O–H groups in total. The second-order valence-electron chi connectivity index (χ2n) is 4.79. The number of amides is 1. The lowest BCUT2D eigenvalue weighted by molar-refractivity contribution is -0.127. The first-order valence-electron chi connectivity index (χ1n) is 6.69. The molecule has 0 fully saturated rings. The maximum atomic E-state index is 11.9. The molecule has 1 amide bonds. The quantitative estimate of drug-likeness (QED) is 0.830. The van der Waals surface area contributed by atoms with Crippen LogP contribution < -0.4 is 10.1 Å². The van der Waals surface area contributed by atoms with Gasteiger partial charge in [0.1, 0.15) is 5.75 Å². The van der Waals surface area contributed by atoms with Crippen molar-refractivity contribution in [3.63, 3.8) is 0 Å². The van der Waals surface area contributed by atoms with E-state index < -0.39 is 12.2 Å². The Morgan fingerprint density at radius 3 is 2.53 bits per heavy atom. The summed E-state index contributed by atoms with van der Waals surface area (Å²) in [6.07, 6.45) is -0.335. The van der Waals surface area contributed by atoms with Gasteiger partial charge < -0.3 is 15.2 Å². The summed E-state index contributed by atoms with van der Waals surface area (Å²) < 4.78 is 5.64. The molecule has 1 rings (SSSR count). The van der Waals surface area contributed by atoms with Crippen molar-refractivity contribution < 1.29 is 14.6 Å². The SMILES string of the molecule is CCC(C)NC(=O)C(C)Oc1ccccc1C(C)O. The van der Waals surface area contributed by atoms with Crippen molar-refractivity contribution in [2.75, 3.05) is 0 Å². The molecule has 1 aromatic rings. The molecule has 0 aliphatic carbocycles. The summed E-state index contributed by atoms with van der Waals surface area (Å²) in [7, 11) is 0. The fourth-order valence-electron chi connectivity index (χ4n) is 1.64. The number of carbonyl (C=O) groups excluding carboxylic acids is 1. The van der Waals surface area contributed by atoms with Gasteiger partial charge in [-0.05, 0) is 33.3 Å². The van der Waals surface area contributed by atoms with Crippen LogP contribution in [-0.2, 0) is 4.79 Å². The number of aliphatic hydroxyl groups is 1. The van der Waals surface area contributed by atoms with Crippen LogP contribution in [0.5, 0.6) is 5.75 Å². The van der Waals surface area contributed by atoms with E-state index in [1.165, 1.54) is 0 Å². The molecule has 0 aliphatic rings. The molecule has 3 atom stereocenters. The average molecular weight is 265 g/mol. The molecule has 0 spiro atoms. The summed E-state index contributed by atoms with van der Waals surface area (Å²) >= 11 is 0. The molecule has 4 heteroatoms. The monoisotopic (exact) mass is 265 g/mol. The number of benzene rings is 1. The number of rotatable bonds is 6. The van der Waals surface area contributed by atoms with Crippen molar-refractivity contribution >= 4 is 5.91 Å². The number of nitrogens with one attached hydrogen (secondary N) is 1. The highest BCUT2D eigenvalue weighted by Crippen LogP contribution is 2.25. The lowest BCUT2D eigenvalue weighted by Crippen LogP contribution is -2.41. The van der Waals surface area contributed by atoms with Gasteiger partial charge in [-0.2, -0.15) is 0 Å². The van der Waals surface area contributed by atoms with Crippen LogP contribution in [0.4, 0.5) is 0 Å². The van der Waals surface area contributed by atoms with E-state index in [2.05, 4.69) is 5.32 Å². The van der Waals surface area contributed by atoms with Gasteiger partial charge in [-0.25, -0.2) is 0 Å². The molecule has 1 aromatic carbocycles. The summed E-state index contributed by atoms with van der Waals surface area (Å²) in [5.74, 6) is 0.402. The molecule has 0 heterocycles. The van der Waals surface area contributed by atoms with Gasteiger partial charge in [-0.15, -0.1) is 0 Å². The fraction of sp³-hybridized carbons (Fsp3) is 0.533. The van der Waals surface area contributed by atoms with Crippen molar-refractivity contribution in [1.29, 1.82) is 0 Å². The van der Waals surface area contributed by atoms with Gasteiger partial charge in [0.25, 0.3) is 5.91 Å². The van der Waals surface area contributed by atoms with Crippen LogP contribution in [0.25, 0.3) is 0 Å². The number of hydrogen-bond acceptors (Lipinski definition) is 3. The van der Waals surface area contributed by atoms with Gasteiger partial charge in [0, 0.05) is 11.6 Å². The van der Waals surface area contributed by atoms with Crippen LogP contribution in [0.15, 0.2) is 24.3 Å². The predicted molar refractivity (Wildman–Crippen MR) is 75.1 cm³/mol. The Balaban J connectivity index is 2.71. The van der Waals surface area contributed by atoms with E-state index in [1.54, 1.807) is 26.0 Å². The molecule has 0 saturated carbocycles. The maximum Gasteiger partial charge on any atom is 0.260 e. The van der Waals surface area contributed by atoms with Crippen molar-refractivity contribution in [2.24, 2.45) is 0 Å². The first-order valence-corrected chi connectivity index (χ1v) is 6.69. The van der Waals surface area contributed by atoms with E-state index in [0.717, 1.165) is 6.42 Å². The lowest BCUT2D eigenvalue weighted by Gasteiger charge is -2.20. The number of carbonyl (C=O) groups is 1. The number of aliphatic hydroxyl groups excluding tert-OH is 1. The molecule has 19 heavy (non-hydrogen) atoms. The molecule has 0 aromatic heterocycles. The van der Waals surface area contributed by atoms with Gasteiger partial charge in [0.2, 0.25) is 0 Å². The van der Waals surface area contributed by atoms with Crippen LogP contribution in [0.1, 0.15) is 45.8 Å². The zero-order chi connectivity index (χ0) is 14.4. The largest absolute Gasteiger partial charge is 0.481 e. The number of ether oxygens (including phenoxy) is 1. The average Bonchev–Trinajstić information content (AvgIpc) is 2.38. The first kappa shape index (κ1) is 15.5. The van der Waals surface area contributed by atoms with Crippen molar-refractivity contribution in [1.82, 2.24) is 5.32 Å². The van der Waals surface area contributed by atoms with Crippen LogP contribution in [-0.4, -0.2) is 23.2 Å². The van der Waals surface area contributed by atoms with E-state index >= 15 is 0 Å². The first-order chi connectivity index (χ1) is 8.95. The Kier molecular flexibility index (Phi) is 5.83.